The van der Waals surface area contributed by atoms with E-state index in [9.17, 15) is 19.5 Å². The highest BCUT2D eigenvalue weighted by Gasteiger charge is 2.47. The maximum Gasteiger partial charge on any atom is 0.407 e. The third-order valence-corrected chi connectivity index (χ3v) is 6.89. The second-order valence-electron chi connectivity index (χ2n) is 8.90. The summed E-state index contributed by atoms with van der Waals surface area (Å²) in [6.45, 7) is 4.47. The molecule has 2 aromatic carbocycles. The molecular formula is C25H28N2O5. The first-order chi connectivity index (χ1) is 15.3. The smallest absolute Gasteiger partial charge is 0.407 e. The van der Waals surface area contributed by atoms with Gasteiger partial charge in [-0.1, -0.05) is 55.5 Å². The number of benzene rings is 2. The van der Waals surface area contributed by atoms with E-state index in [2.05, 4.69) is 29.6 Å². The zero-order valence-electron chi connectivity index (χ0n) is 18.3. The highest BCUT2D eigenvalue weighted by atomic mass is 16.5. The Kier molecular flexibility index (Phi) is 5.91. The van der Waals surface area contributed by atoms with Gasteiger partial charge < -0.3 is 20.1 Å². The van der Waals surface area contributed by atoms with Crippen LogP contribution in [-0.2, 0) is 14.3 Å². The lowest BCUT2D eigenvalue weighted by molar-refractivity contribution is -0.149. The van der Waals surface area contributed by atoms with Crippen LogP contribution in [0.1, 0.15) is 37.3 Å². The Bertz CT molecular complexity index is 1010. The monoisotopic (exact) mass is 436 g/mol. The quantitative estimate of drug-likeness (QED) is 0.723. The van der Waals surface area contributed by atoms with Crippen LogP contribution in [0.15, 0.2) is 48.5 Å². The van der Waals surface area contributed by atoms with E-state index in [0.717, 1.165) is 22.3 Å². The van der Waals surface area contributed by atoms with Crippen LogP contribution < -0.4 is 5.32 Å². The highest BCUT2D eigenvalue weighted by Crippen LogP contribution is 2.44. The van der Waals surface area contributed by atoms with Crippen LogP contribution in [0.3, 0.4) is 0 Å². The average molecular weight is 437 g/mol. The highest BCUT2D eigenvalue weighted by molar-refractivity contribution is 5.81. The number of ether oxygens (including phenoxy) is 1. The Labute approximate surface area is 187 Å². The number of fused-ring (bicyclic) bond motifs is 3. The number of aliphatic carboxylic acids is 1. The predicted octanol–water partition coefficient (Wildman–Crippen LogP) is 3.48. The van der Waals surface area contributed by atoms with Crippen molar-refractivity contribution in [3.8, 4) is 11.1 Å². The molecule has 7 nitrogen and oxygen atoms in total. The number of carboxylic acid groups (broad SMARTS) is 1. The van der Waals surface area contributed by atoms with Crippen molar-refractivity contribution in [2.45, 2.75) is 26.2 Å². The fourth-order valence-corrected chi connectivity index (χ4v) is 4.70. The molecule has 1 heterocycles. The number of hydrogen-bond acceptors (Lipinski definition) is 4. The molecule has 2 N–H and O–H groups in total. The first kappa shape index (κ1) is 21.9. The standard InChI is InChI=1S/C25H28N2O5/c1-16-13-27(15-25(16,2)23(29)30)22(28)11-12-26-24(31)32-14-21-19-9-5-3-7-17(19)18-8-4-6-10-20(18)21/h3-10,16,21H,11-15H2,1-2H3,(H,26,31)(H,29,30). The number of carboxylic acids is 1. The molecule has 1 aliphatic carbocycles. The number of carbonyl (C=O) groups excluding carboxylic acids is 2. The Morgan fingerprint density at radius 3 is 2.25 bits per heavy atom. The largest absolute Gasteiger partial charge is 0.481 e. The van der Waals surface area contributed by atoms with Crippen molar-refractivity contribution >= 4 is 18.0 Å². The van der Waals surface area contributed by atoms with E-state index >= 15 is 0 Å². The van der Waals surface area contributed by atoms with Gasteiger partial charge in [-0.25, -0.2) is 4.79 Å². The molecule has 4 rings (SSSR count). The molecule has 2 aliphatic rings. The predicted molar refractivity (Wildman–Crippen MR) is 119 cm³/mol. The zero-order valence-corrected chi connectivity index (χ0v) is 18.3. The molecule has 0 aromatic heterocycles. The van der Waals surface area contributed by atoms with Gasteiger partial charge in [0, 0.05) is 32.0 Å². The van der Waals surface area contributed by atoms with E-state index in [1.165, 1.54) is 0 Å². The molecule has 1 fully saturated rings. The normalized spacial score (nSPS) is 21.7. The number of nitrogens with zero attached hydrogens (tertiary/aromatic N) is 1. The second kappa shape index (κ2) is 8.65. The first-order valence-corrected chi connectivity index (χ1v) is 10.9. The summed E-state index contributed by atoms with van der Waals surface area (Å²) in [5, 5.41) is 12.1. The molecule has 1 saturated heterocycles. The van der Waals surface area contributed by atoms with E-state index < -0.39 is 17.5 Å². The van der Waals surface area contributed by atoms with Gasteiger partial charge in [0.2, 0.25) is 5.91 Å². The van der Waals surface area contributed by atoms with Gasteiger partial charge in [-0.2, -0.15) is 0 Å². The van der Waals surface area contributed by atoms with Crippen molar-refractivity contribution in [2.24, 2.45) is 11.3 Å². The molecule has 0 spiro atoms. The van der Waals surface area contributed by atoms with Crippen molar-refractivity contribution in [3.63, 3.8) is 0 Å². The molecular weight excluding hydrogens is 408 g/mol. The van der Waals surface area contributed by atoms with Gasteiger partial charge in [0.15, 0.2) is 0 Å². The Morgan fingerprint density at radius 2 is 1.69 bits per heavy atom. The maximum absolute atomic E-state index is 12.5. The van der Waals surface area contributed by atoms with Crippen molar-refractivity contribution in [1.82, 2.24) is 10.2 Å². The Hall–Kier alpha value is -3.35. The zero-order chi connectivity index (χ0) is 22.9. The van der Waals surface area contributed by atoms with Gasteiger partial charge in [0.25, 0.3) is 0 Å². The summed E-state index contributed by atoms with van der Waals surface area (Å²) in [5.74, 6) is -1.20. The van der Waals surface area contributed by atoms with Gasteiger partial charge in [-0.15, -0.1) is 0 Å². The maximum atomic E-state index is 12.5. The van der Waals surface area contributed by atoms with Crippen LogP contribution in [0.4, 0.5) is 4.79 Å². The van der Waals surface area contributed by atoms with Gasteiger partial charge in [-0.3, -0.25) is 9.59 Å². The van der Waals surface area contributed by atoms with Gasteiger partial charge in [0.1, 0.15) is 6.61 Å². The Morgan fingerprint density at radius 1 is 1.09 bits per heavy atom. The van der Waals surface area contributed by atoms with Crippen LogP contribution in [0, 0.1) is 11.3 Å². The number of likely N-dealkylation sites (tertiary alicyclic amines) is 1. The van der Waals surface area contributed by atoms with E-state index in [1.54, 1.807) is 11.8 Å². The number of hydrogen-bond donors (Lipinski definition) is 2. The minimum Gasteiger partial charge on any atom is -0.481 e. The van der Waals surface area contributed by atoms with E-state index in [4.69, 9.17) is 4.74 Å². The number of carbonyl (C=O) groups is 3. The molecule has 0 bridgehead atoms. The van der Waals surface area contributed by atoms with E-state index in [-0.39, 0.29) is 43.9 Å². The second-order valence-corrected chi connectivity index (χ2v) is 8.90. The van der Waals surface area contributed by atoms with Gasteiger partial charge in [0.05, 0.1) is 5.41 Å². The van der Waals surface area contributed by atoms with Crippen molar-refractivity contribution in [1.29, 1.82) is 0 Å². The summed E-state index contributed by atoms with van der Waals surface area (Å²) in [4.78, 5) is 37.8. The molecule has 2 atom stereocenters. The molecule has 168 valence electrons. The SMILES string of the molecule is CC1CN(C(=O)CCNC(=O)OCC2c3ccccc3-c3ccccc32)CC1(C)C(=O)O. The summed E-state index contributed by atoms with van der Waals surface area (Å²) in [6, 6.07) is 16.2. The summed E-state index contributed by atoms with van der Waals surface area (Å²) in [7, 11) is 0. The topological polar surface area (TPSA) is 95.9 Å². The lowest BCUT2D eigenvalue weighted by atomic mass is 9.81. The molecule has 32 heavy (non-hydrogen) atoms. The molecule has 2 amide bonds. The van der Waals surface area contributed by atoms with Crippen LogP contribution in [-0.4, -0.2) is 54.2 Å². The third-order valence-electron chi connectivity index (χ3n) is 6.89. The number of rotatable bonds is 6. The van der Waals surface area contributed by atoms with Crippen molar-refractivity contribution in [3.05, 3.63) is 59.7 Å². The van der Waals surface area contributed by atoms with Crippen molar-refractivity contribution < 1.29 is 24.2 Å². The lowest BCUT2D eigenvalue weighted by Gasteiger charge is -2.22. The fraction of sp³-hybridized carbons (Fsp3) is 0.400. The Balaban J connectivity index is 1.27. The van der Waals surface area contributed by atoms with Gasteiger partial charge in [-0.05, 0) is 35.1 Å². The molecule has 2 unspecified atom stereocenters. The van der Waals surface area contributed by atoms with Crippen LogP contribution in [0.2, 0.25) is 0 Å². The third kappa shape index (κ3) is 3.95. The summed E-state index contributed by atoms with van der Waals surface area (Å²) >= 11 is 0. The average Bonchev–Trinajstić information content (AvgIpc) is 3.27. The molecule has 7 heteroatoms. The van der Waals surface area contributed by atoms with Crippen molar-refractivity contribution in [2.75, 3.05) is 26.2 Å². The minimum absolute atomic E-state index is 0.0189. The first-order valence-electron chi connectivity index (χ1n) is 10.9. The lowest BCUT2D eigenvalue weighted by Crippen LogP contribution is -2.37. The minimum atomic E-state index is -0.935. The summed E-state index contributed by atoms with van der Waals surface area (Å²) in [6.07, 6.45) is -0.461. The number of nitrogens with one attached hydrogen (secondary N) is 1. The molecule has 2 aromatic rings. The molecule has 0 saturated carbocycles. The summed E-state index contributed by atoms with van der Waals surface area (Å²) < 4.78 is 5.48. The fourth-order valence-electron chi connectivity index (χ4n) is 4.70. The van der Waals surface area contributed by atoms with E-state index in [1.807, 2.05) is 31.2 Å². The number of amides is 2. The van der Waals surface area contributed by atoms with E-state index in [0.29, 0.717) is 6.54 Å². The molecule has 1 aliphatic heterocycles. The van der Waals surface area contributed by atoms with Crippen LogP contribution in [0.25, 0.3) is 11.1 Å². The van der Waals surface area contributed by atoms with Gasteiger partial charge >= 0.3 is 12.1 Å². The number of alkyl carbamates (subject to hydrolysis) is 1. The van der Waals surface area contributed by atoms with Crippen LogP contribution in [0.5, 0.6) is 0 Å². The van der Waals surface area contributed by atoms with Crippen LogP contribution >= 0.6 is 0 Å². The summed E-state index contributed by atoms with van der Waals surface area (Å²) in [5.41, 5.74) is 3.67. The molecule has 0 radical (unpaired) electrons.